The first-order valence-corrected chi connectivity index (χ1v) is 10.9. The van der Waals surface area contributed by atoms with Crippen LogP contribution in [0.1, 0.15) is 37.0 Å². The summed E-state index contributed by atoms with van der Waals surface area (Å²) < 4.78 is 16.4. The molecule has 0 bridgehead atoms. The van der Waals surface area contributed by atoms with Gasteiger partial charge in [0, 0.05) is 26.2 Å². The second kappa shape index (κ2) is 11.2. The molecule has 0 aromatic heterocycles. The number of carbonyl (C=O) groups is 1. The summed E-state index contributed by atoms with van der Waals surface area (Å²) >= 11 is 0. The molecule has 3 rings (SSSR count). The highest BCUT2D eigenvalue weighted by molar-refractivity contribution is 5.82. The maximum atomic E-state index is 13.1. The molecule has 6 nitrogen and oxygen atoms in total. The van der Waals surface area contributed by atoms with Gasteiger partial charge < -0.3 is 19.5 Å². The zero-order valence-electron chi connectivity index (χ0n) is 19.0. The minimum Gasteiger partial charge on any atom is -0.493 e. The highest BCUT2D eigenvalue weighted by Gasteiger charge is 2.31. The van der Waals surface area contributed by atoms with Crippen molar-refractivity contribution in [1.82, 2.24) is 10.2 Å². The van der Waals surface area contributed by atoms with Gasteiger partial charge in [0.15, 0.2) is 11.5 Å². The third kappa shape index (κ3) is 6.21. The highest BCUT2D eigenvalue weighted by Crippen LogP contribution is 2.30. The maximum Gasteiger partial charge on any atom is 0.237 e. The Labute approximate surface area is 185 Å². The van der Waals surface area contributed by atoms with Gasteiger partial charge >= 0.3 is 0 Å². The minimum atomic E-state index is -0.214. The maximum absolute atomic E-state index is 13.1. The smallest absolute Gasteiger partial charge is 0.237 e. The number of fused-ring (bicyclic) bond motifs is 1. The normalized spacial score (nSPS) is 16.1. The highest BCUT2D eigenvalue weighted by atomic mass is 16.5. The number of nitrogens with zero attached hydrogens (tertiary/aromatic N) is 1. The largest absolute Gasteiger partial charge is 0.493 e. The molecule has 0 aliphatic carbocycles. The molecule has 2 aromatic carbocycles. The van der Waals surface area contributed by atoms with Crippen LogP contribution < -0.4 is 14.8 Å². The van der Waals surface area contributed by atoms with E-state index in [0.29, 0.717) is 37.6 Å². The topological polar surface area (TPSA) is 60.0 Å². The number of benzene rings is 2. The molecule has 1 heterocycles. The molecule has 0 fully saturated rings. The Balaban J connectivity index is 1.71. The second-order valence-corrected chi connectivity index (χ2v) is 8.15. The first-order chi connectivity index (χ1) is 15.0. The first kappa shape index (κ1) is 23.1. The summed E-state index contributed by atoms with van der Waals surface area (Å²) in [4.78, 5) is 15.3. The summed E-state index contributed by atoms with van der Waals surface area (Å²) in [7, 11) is 3.27. The number of amides is 1. The van der Waals surface area contributed by atoms with Crippen molar-refractivity contribution in [3.8, 4) is 11.5 Å². The van der Waals surface area contributed by atoms with E-state index in [0.717, 1.165) is 18.5 Å². The molecule has 1 aliphatic heterocycles. The SMILES string of the molecule is COc1ccc(CN2Cc3ccccc3CC2C(=O)NCCCOC(C)C)cc1OC. The number of methoxy groups -OCH3 is 2. The van der Waals surface area contributed by atoms with Gasteiger partial charge in [0.05, 0.1) is 26.4 Å². The van der Waals surface area contributed by atoms with Crippen LogP contribution in [0.5, 0.6) is 11.5 Å². The summed E-state index contributed by atoms with van der Waals surface area (Å²) in [6.07, 6.45) is 1.73. The number of hydrogen-bond acceptors (Lipinski definition) is 5. The number of rotatable bonds is 10. The molecule has 1 N–H and O–H groups in total. The Morgan fingerprint density at radius 1 is 1.10 bits per heavy atom. The number of hydrogen-bond donors (Lipinski definition) is 1. The second-order valence-electron chi connectivity index (χ2n) is 8.15. The van der Waals surface area contributed by atoms with Crippen LogP contribution >= 0.6 is 0 Å². The zero-order valence-corrected chi connectivity index (χ0v) is 19.0. The van der Waals surface area contributed by atoms with E-state index in [1.54, 1.807) is 14.2 Å². The number of ether oxygens (including phenoxy) is 3. The van der Waals surface area contributed by atoms with Gasteiger partial charge in [0.1, 0.15) is 0 Å². The Morgan fingerprint density at radius 2 is 1.84 bits per heavy atom. The van der Waals surface area contributed by atoms with Crippen molar-refractivity contribution in [3.05, 3.63) is 59.2 Å². The van der Waals surface area contributed by atoms with E-state index in [-0.39, 0.29) is 18.1 Å². The van der Waals surface area contributed by atoms with Gasteiger partial charge in [-0.05, 0) is 55.5 Å². The van der Waals surface area contributed by atoms with Crippen LogP contribution in [-0.4, -0.2) is 50.3 Å². The van der Waals surface area contributed by atoms with Crippen LogP contribution in [0.3, 0.4) is 0 Å². The monoisotopic (exact) mass is 426 g/mol. The summed E-state index contributed by atoms with van der Waals surface area (Å²) in [5.74, 6) is 1.47. The van der Waals surface area contributed by atoms with E-state index < -0.39 is 0 Å². The lowest BCUT2D eigenvalue weighted by molar-refractivity contribution is -0.127. The molecule has 31 heavy (non-hydrogen) atoms. The van der Waals surface area contributed by atoms with Crippen LogP contribution in [0, 0.1) is 0 Å². The molecule has 0 saturated heterocycles. The van der Waals surface area contributed by atoms with Gasteiger partial charge in [-0.3, -0.25) is 9.69 Å². The van der Waals surface area contributed by atoms with Gasteiger partial charge in [-0.25, -0.2) is 0 Å². The van der Waals surface area contributed by atoms with Crippen LogP contribution in [0.2, 0.25) is 0 Å². The van der Waals surface area contributed by atoms with E-state index in [2.05, 4.69) is 28.4 Å². The molecule has 6 heteroatoms. The van der Waals surface area contributed by atoms with Crippen LogP contribution in [0.4, 0.5) is 0 Å². The van der Waals surface area contributed by atoms with Crippen molar-refractivity contribution < 1.29 is 19.0 Å². The molecule has 168 valence electrons. The zero-order chi connectivity index (χ0) is 22.2. The molecule has 0 radical (unpaired) electrons. The lowest BCUT2D eigenvalue weighted by Gasteiger charge is -2.36. The van der Waals surface area contributed by atoms with Gasteiger partial charge in [-0.1, -0.05) is 30.3 Å². The van der Waals surface area contributed by atoms with Crippen LogP contribution in [0.25, 0.3) is 0 Å². The molecule has 1 aliphatic rings. The van der Waals surface area contributed by atoms with E-state index in [1.165, 1.54) is 11.1 Å². The summed E-state index contributed by atoms with van der Waals surface area (Å²) in [6, 6.07) is 14.1. The minimum absolute atomic E-state index is 0.0690. The lowest BCUT2D eigenvalue weighted by Crippen LogP contribution is -2.50. The summed E-state index contributed by atoms with van der Waals surface area (Å²) in [5, 5.41) is 3.11. The molecule has 0 spiro atoms. The molecular weight excluding hydrogens is 392 g/mol. The molecule has 0 saturated carbocycles. The third-order valence-corrected chi connectivity index (χ3v) is 5.55. The summed E-state index contributed by atoms with van der Waals surface area (Å²) in [6.45, 7) is 6.70. The fraction of sp³-hybridized carbons (Fsp3) is 0.480. The fourth-order valence-corrected chi connectivity index (χ4v) is 3.94. The molecule has 1 amide bonds. The molecule has 1 unspecified atom stereocenters. The van der Waals surface area contributed by atoms with E-state index in [9.17, 15) is 4.79 Å². The molecule has 1 atom stereocenters. The Morgan fingerprint density at radius 3 is 2.55 bits per heavy atom. The Hall–Kier alpha value is -2.57. The Bertz CT molecular complexity index is 868. The van der Waals surface area contributed by atoms with E-state index in [1.807, 2.05) is 38.1 Å². The first-order valence-electron chi connectivity index (χ1n) is 10.9. The predicted octanol–water partition coefficient (Wildman–Crippen LogP) is 3.56. The van der Waals surface area contributed by atoms with Crippen molar-refractivity contribution in [1.29, 1.82) is 0 Å². The fourth-order valence-electron chi connectivity index (χ4n) is 3.94. The summed E-state index contributed by atoms with van der Waals surface area (Å²) in [5.41, 5.74) is 3.60. The van der Waals surface area contributed by atoms with Crippen molar-refractivity contribution in [2.24, 2.45) is 0 Å². The van der Waals surface area contributed by atoms with Crippen molar-refractivity contribution in [2.75, 3.05) is 27.4 Å². The van der Waals surface area contributed by atoms with Crippen molar-refractivity contribution in [3.63, 3.8) is 0 Å². The quantitative estimate of drug-likeness (QED) is 0.589. The standard InChI is InChI=1S/C25H34N2O4/c1-18(2)31-13-7-12-26-25(28)22-15-20-8-5-6-9-21(20)17-27(22)16-19-10-11-23(29-3)24(14-19)30-4/h5-6,8-11,14,18,22H,7,12-13,15-17H2,1-4H3,(H,26,28). The third-order valence-electron chi connectivity index (χ3n) is 5.55. The molecule has 2 aromatic rings. The number of carbonyl (C=O) groups excluding carboxylic acids is 1. The predicted molar refractivity (Wildman–Crippen MR) is 121 cm³/mol. The van der Waals surface area contributed by atoms with E-state index >= 15 is 0 Å². The lowest BCUT2D eigenvalue weighted by atomic mass is 9.93. The van der Waals surface area contributed by atoms with Crippen molar-refractivity contribution >= 4 is 5.91 Å². The van der Waals surface area contributed by atoms with Crippen LogP contribution in [-0.2, 0) is 29.0 Å². The average Bonchev–Trinajstić information content (AvgIpc) is 2.77. The molecular formula is C25H34N2O4. The van der Waals surface area contributed by atoms with Crippen LogP contribution in [0.15, 0.2) is 42.5 Å². The van der Waals surface area contributed by atoms with E-state index in [4.69, 9.17) is 14.2 Å². The van der Waals surface area contributed by atoms with Gasteiger partial charge in [-0.2, -0.15) is 0 Å². The van der Waals surface area contributed by atoms with Gasteiger partial charge in [-0.15, -0.1) is 0 Å². The van der Waals surface area contributed by atoms with Crippen molar-refractivity contribution in [2.45, 2.75) is 51.9 Å². The van der Waals surface area contributed by atoms with Gasteiger partial charge in [0.25, 0.3) is 0 Å². The van der Waals surface area contributed by atoms with Gasteiger partial charge in [0.2, 0.25) is 5.91 Å². The Kier molecular flexibility index (Phi) is 8.32. The number of nitrogens with one attached hydrogen (secondary N) is 1. The average molecular weight is 427 g/mol.